The van der Waals surface area contributed by atoms with Gasteiger partial charge in [-0.2, -0.15) is 0 Å². The van der Waals surface area contributed by atoms with Gasteiger partial charge in [0.25, 0.3) is 0 Å². The molecular formula is C19H32O6Si. The lowest BCUT2D eigenvalue weighted by Gasteiger charge is -2.20. The molecular weight excluding hydrogens is 352 g/mol. The first-order valence-electron chi connectivity index (χ1n) is 9.51. The number of carboxylic acid groups (broad SMARTS) is 1. The smallest absolute Gasteiger partial charge is 0.309 e. The molecule has 2 saturated carbocycles. The fourth-order valence-corrected chi connectivity index (χ4v) is 3.75. The highest BCUT2D eigenvalue weighted by Crippen LogP contribution is 2.23. The Hall–Kier alpha value is -1.50. The molecule has 0 aromatic carbocycles. The monoisotopic (exact) mass is 384 g/mol. The predicted molar refractivity (Wildman–Crippen MR) is 101 cm³/mol. The minimum atomic E-state index is -1.13. The molecule has 0 aromatic rings. The second-order valence-electron chi connectivity index (χ2n) is 8.48. The molecule has 2 unspecified atom stereocenters. The van der Waals surface area contributed by atoms with Crippen LogP contribution in [-0.4, -0.2) is 43.3 Å². The summed E-state index contributed by atoms with van der Waals surface area (Å²) in [4.78, 5) is 43.9. The second kappa shape index (κ2) is 10.6. The fourth-order valence-electron chi connectivity index (χ4n) is 3.04. The second-order valence-corrected chi connectivity index (χ2v) is 14.1. The van der Waals surface area contributed by atoms with Crippen LogP contribution in [0.25, 0.3) is 0 Å². The van der Waals surface area contributed by atoms with Crippen molar-refractivity contribution in [3.63, 3.8) is 0 Å². The molecule has 0 heterocycles. The molecule has 26 heavy (non-hydrogen) atoms. The van der Waals surface area contributed by atoms with E-state index < -0.39 is 20.0 Å². The van der Waals surface area contributed by atoms with Gasteiger partial charge in [-0.1, -0.05) is 19.6 Å². The summed E-state index contributed by atoms with van der Waals surface area (Å²) in [5.41, 5.74) is 0. The zero-order valence-corrected chi connectivity index (χ0v) is 17.2. The lowest BCUT2D eigenvalue weighted by atomic mass is 9.88. The van der Waals surface area contributed by atoms with E-state index in [1.807, 2.05) is 0 Å². The van der Waals surface area contributed by atoms with Gasteiger partial charge in [0.2, 0.25) is 0 Å². The van der Waals surface area contributed by atoms with Crippen molar-refractivity contribution in [3.05, 3.63) is 0 Å². The molecule has 2 rings (SSSR count). The van der Waals surface area contributed by atoms with Crippen LogP contribution in [0, 0.1) is 11.8 Å². The van der Waals surface area contributed by atoms with Gasteiger partial charge in [0.15, 0.2) is 0 Å². The molecule has 0 amide bonds. The van der Waals surface area contributed by atoms with Crippen LogP contribution in [0.3, 0.4) is 0 Å². The van der Waals surface area contributed by atoms with Gasteiger partial charge >= 0.3 is 11.9 Å². The summed E-state index contributed by atoms with van der Waals surface area (Å²) in [6.07, 6.45) is 4.92. The summed E-state index contributed by atoms with van der Waals surface area (Å²) in [7, 11) is -1.13. The van der Waals surface area contributed by atoms with Gasteiger partial charge in [0.05, 0.1) is 18.4 Å². The van der Waals surface area contributed by atoms with Crippen LogP contribution in [-0.2, 0) is 23.9 Å². The summed E-state index contributed by atoms with van der Waals surface area (Å²) < 4.78 is 5.25. The van der Waals surface area contributed by atoms with E-state index in [0.29, 0.717) is 32.3 Å². The molecule has 0 aliphatic heterocycles. The van der Waals surface area contributed by atoms with Gasteiger partial charge in [-0.05, 0) is 31.7 Å². The van der Waals surface area contributed by atoms with Crippen molar-refractivity contribution in [2.45, 2.75) is 77.1 Å². The Morgan fingerprint density at radius 3 is 1.92 bits per heavy atom. The van der Waals surface area contributed by atoms with Gasteiger partial charge in [-0.15, -0.1) is 0 Å². The van der Waals surface area contributed by atoms with Crippen LogP contribution in [0.4, 0.5) is 0 Å². The Kier molecular flexibility index (Phi) is 9.19. The Bertz CT molecular complexity index is 521. The molecule has 2 fully saturated rings. The molecule has 0 aromatic heterocycles. The van der Waals surface area contributed by atoms with Crippen LogP contribution < -0.4 is 0 Å². The standard InChI is InChI=1S/C12H22O3Si.C7H10O3/c1-16(2,3)8-7-15-12(14)10-5-4-6-11(13)9-10;8-6-3-1-2-5(4-6)7(9)10/h10H,4-9H2,1-3H3;5H,1-4H2,(H,9,10). The molecule has 0 radical (unpaired) electrons. The molecule has 2 aliphatic carbocycles. The first-order valence-corrected chi connectivity index (χ1v) is 13.2. The van der Waals surface area contributed by atoms with Crippen molar-refractivity contribution in [1.29, 1.82) is 0 Å². The van der Waals surface area contributed by atoms with E-state index in [1.165, 1.54) is 0 Å². The molecule has 0 spiro atoms. The number of esters is 1. The summed E-state index contributed by atoms with van der Waals surface area (Å²) >= 11 is 0. The molecule has 2 atom stereocenters. The number of Topliss-reactive ketones (excluding diaryl/α,β-unsaturated/α-hetero) is 2. The minimum Gasteiger partial charge on any atom is -0.481 e. The van der Waals surface area contributed by atoms with E-state index >= 15 is 0 Å². The highest BCUT2D eigenvalue weighted by molar-refractivity contribution is 6.76. The van der Waals surface area contributed by atoms with E-state index in [4.69, 9.17) is 9.84 Å². The summed E-state index contributed by atoms with van der Waals surface area (Å²) in [5, 5.41) is 8.50. The Labute approximate surface area is 156 Å². The van der Waals surface area contributed by atoms with Crippen LogP contribution in [0.2, 0.25) is 25.7 Å². The van der Waals surface area contributed by atoms with E-state index in [9.17, 15) is 19.2 Å². The molecule has 0 bridgehead atoms. The van der Waals surface area contributed by atoms with Crippen LogP contribution >= 0.6 is 0 Å². The van der Waals surface area contributed by atoms with Gasteiger partial charge < -0.3 is 9.84 Å². The first-order chi connectivity index (χ1) is 12.1. The molecule has 7 heteroatoms. The third-order valence-corrected chi connectivity index (χ3v) is 6.45. The van der Waals surface area contributed by atoms with Crippen molar-refractivity contribution in [2.24, 2.45) is 11.8 Å². The molecule has 0 saturated heterocycles. The Morgan fingerprint density at radius 2 is 1.50 bits per heavy atom. The third kappa shape index (κ3) is 9.27. The average Bonchev–Trinajstić information content (AvgIpc) is 2.54. The molecule has 2 aliphatic rings. The molecule has 6 nitrogen and oxygen atoms in total. The zero-order valence-electron chi connectivity index (χ0n) is 16.2. The third-order valence-electron chi connectivity index (χ3n) is 4.74. The highest BCUT2D eigenvalue weighted by Gasteiger charge is 2.27. The number of carbonyl (C=O) groups excluding carboxylic acids is 3. The van der Waals surface area contributed by atoms with E-state index in [1.54, 1.807) is 0 Å². The van der Waals surface area contributed by atoms with Gasteiger partial charge in [-0.25, -0.2) is 0 Å². The Morgan fingerprint density at radius 1 is 1.00 bits per heavy atom. The van der Waals surface area contributed by atoms with Crippen LogP contribution in [0.15, 0.2) is 0 Å². The Balaban J connectivity index is 0.000000289. The fraction of sp³-hybridized carbons (Fsp3) is 0.789. The maximum atomic E-state index is 11.7. The predicted octanol–water partition coefficient (Wildman–Crippen LogP) is 3.46. The largest absolute Gasteiger partial charge is 0.481 e. The SMILES string of the molecule is C[Si](C)(C)CCOC(=O)C1CCCC(=O)C1.O=C1CCCC(C(=O)O)C1. The van der Waals surface area contributed by atoms with E-state index in [-0.39, 0.29) is 29.9 Å². The van der Waals surface area contributed by atoms with Gasteiger partial charge in [0.1, 0.15) is 11.6 Å². The average molecular weight is 385 g/mol. The van der Waals surface area contributed by atoms with Crippen LogP contribution in [0.1, 0.15) is 51.4 Å². The maximum absolute atomic E-state index is 11.7. The number of ether oxygens (including phenoxy) is 1. The molecule has 148 valence electrons. The van der Waals surface area contributed by atoms with Gasteiger partial charge in [0, 0.05) is 33.8 Å². The van der Waals surface area contributed by atoms with Crippen molar-refractivity contribution in [1.82, 2.24) is 0 Å². The summed E-state index contributed by atoms with van der Waals surface area (Å²) in [5.74, 6) is -1.25. The van der Waals surface area contributed by atoms with Crippen molar-refractivity contribution < 1.29 is 29.0 Å². The normalized spacial score (nSPS) is 23.7. The van der Waals surface area contributed by atoms with Crippen molar-refractivity contribution in [2.75, 3.05) is 6.61 Å². The number of carboxylic acids is 1. The van der Waals surface area contributed by atoms with Gasteiger partial charge in [-0.3, -0.25) is 19.2 Å². The maximum Gasteiger partial charge on any atom is 0.309 e. The summed E-state index contributed by atoms with van der Waals surface area (Å²) in [6.45, 7) is 7.29. The minimum absolute atomic E-state index is 0.0960. The number of aliphatic carboxylic acids is 1. The number of hydrogen-bond donors (Lipinski definition) is 1. The van der Waals surface area contributed by atoms with E-state index in [0.717, 1.165) is 25.3 Å². The number of carbonyl (C=O) groups is 4. The quantitative estimate of drug-likeness (QED) is 0.576. The lowest BCUT2D eigenvalue weighted by Crippen LogP contribution is -2.27. The van der Waals surface area contributed by atoms with E-state index in [2.05, 4.69) is 19.6 Å². The zero-order chi connectivity index (χ0) is 19.7. The number of ketones is 2. The topological polar surface area (TPSA) is 97.7 Å². The van der Waals surface area contributed by atoms with Crippen molar-refractivity contribution >= 4 is 31.6 Å². The molecule has 1 N–H and O–H groups in total. The first kappa shape index (κ1) is 22.5. The van der Waals surface area contributed by atoms with Crippen LogP contribution in [0.5, 0.6) is 0 Å². The highest BCUT2D eigenvalue weighted by atomic mass is 28.3. The van der Waals surface area contributed by atoms with Crippen molar-refractivity contribution in [3.8, 4) is 0 Å². The number of rotatable bonds is 5. The number of hydrogen-bond acceptors (Lipinski definition) is 5. The lowest BCUT2D eigenvalue weighted by molar-refractivity contribution is -0.151. The summed E-state index contributed by atoms with van der Waals surface area (Å²) in [6, 6.07) is 0.999.